The minimum Gasteiger partial charge on any atom is -0.308 e. The molecule has 28 heavy (non-hydrogen) atoms. The van der Waals surface area contributed by atoms with Gasteiger partial charge in [0.15, 0.2) is 5.13 Å². The van der Waals surface area contributed by atoms with E-state index in [0.29, 0.717) is 13.0 Å². The van der Waals surface area contributed by atoms with Crippen molar-refractivity contribution in [3.8, 4) is 0 Å². The van der Waals surface area contributed by atoms with Crippen LogP contribution in [0.1, 0.15) is 22.3 Å². The molecule has 1 aromatic heterocycles. The number of likely N-dealkylation sites (N-methyl/N-ethyl adjacent to an activating group) is 1. The number of benzene rings is 2. The summed E-state index contributed by atoms with van der Waals surface area (Å²) in [6, 6.07) is 12.4. The lowest BCUT2D eigenvalue weighted by Crippen LogP contribution is -2.37. The molecule has 0 saturated carbocycles. The normalized spacial score (nSPS) is 10.9. The quantitative estimate of drug-likeness (QED) is 0.579. The Morgan fingerprint density at radius 3 is 2.46 bits per heavy atom. The van der Waals surface area contributed by atoms with Gasteiger partial charge in [-0.2, -0.15) is 0 Å². The van der Waals surface area contributed by atoms with Gasteiger partial charge in [-0.05, 0) is 57.6 Å². The molecular formula is C22H28ClN3OS. The monoisotopic (exact) mass is 417 g/mol. The average Bonchev–Trinajstić information content (AvgIpc) is 2.98. The summed E-state index contributed by atoms with van der Waals surface area (Å²) in [5.41, 5.74) is 5.60. The van der Waals surface area contributed by atoms with Gasteiger partial charge in [0.2, 0.25) is 5.91 Å². The first-order chi connectivity index (χ1) is 12.8. The average molecular weight is 418 g/mol. The Morgan fingerprint density at radius 1 is 1.04 bits per heavy atom. The molecule has 0 unspecified atom stereocenters. The fourth-order valence-corrected chi connectivity index (χ4v) is 4.38. The number of carbonyl (C=O) groups excluding carboxylic acids is 1. The van der Waals surface area contributed by atoms with Gasteiger partial charge in [-0.3, -0.25) is 9.69 Å². The number of hydrogen-bond acceptors (Lipinski definition) is 4. The van der Waals surface area contributed by atoms with Crippen LogP contribution in [0.2, 0.25) is 0 Å². The molecule has 4 nitrogen and oxygen atoms in total. The topological polar surface area (TPSA) is 36.4 Å². The van der Waals surface area contributed by atoms with Crippen molar-refractivity contribution in [1.82, 2.24) is 9.88 Å². The number of carbonyl (C=O) groups is 1. The van der Waals surface area contributed by atoms with Crippen molar-refractivity contribution >= 4 is 45.0 Å². The van der Waals surface area contributed by atoms with Gasteiger partial charge in [-0.1, -0.05) is 47.2 Å². The number of rotatable bonds is 6. The highest BCUT2D eigenvalue weighted by atomic mass is 35.5. The summed E-state index contributed by atoms with van der Waals surface area (Å²) in [5.74, 6) is 0.0934. The molecule has 6 heteroatoms. The van der Waals surface area contributed by atoms with Crippen LogP contribution in [0.3, 0.4) is 0 Å². The van der Waals surface area contributed by atoms with Gasteiger partial charge in [-0.15, -0.1) is 12.4 Å². The van der Waals surface area contributed by atoms with E-state index in [4.69, 9.17) is 4.98 Å². The molecule has 0 bridgehead atoms. The number of hydrogen-bond donors (Lipinski definition) is 0. The first-order valence-electron chi connectivity index (χ1n) is 9.22. The molecule has 3 aromatic rings. The van der Waals surface area contributed by atoms with E-state index in [1.165, 1.54) is 11.1 Å². The zero-order valence-electron chi connectivity index (χ0n) is 17.2. The second-order valence-electron chi connectivity index (χ2n) is 7.44. The second-order valence-corrected chi connectivity index (χ2v) is 8.45. The molecule has 150 valence electrons. The zero-order chi connectivity index (χ0) is 19.6. The Hall–Kier alpha value is -1.95. The maximum absolute atomic E-state index is 13.1. The molecule has 0 aliphatic carbocycles. The van der Waals surface area contributed by atoms with E-state index in [0.717, 1.165) is 33.0 Å². The number of halogens is 1. The van der Waals surface area contributed by atoms with Crippen LogP contribution in [0.15, 0.2) is 36.4 Å². The van der Waals surface area contributed by atoms with Crippen molar-refractivity contribution in [1.29, 1.82) is 0 Å². The van der Waals surface area contributed by atoms with Crippen LogP contribution in [0.5, 0.6) is 0 Å². The van der Waals surface area contributed by atoms with Crippen molar-refractivity contribution in [2.45, 2.75) is 27.2 Å². The number of aromatic nitrogens is 1. The van der Waals surface area contributed by atoms with E-state index in [9.17, 15) is 4.79 Å². The van der Waals surface area contributed by atoms with Crippen LogP contribution in [-0.2, 0) is 11.2 Å². The third kappa shape index (κ3) is 5.31. The second kappa shape index (κ2) is 9.50. The van der Waals surface area contributed by atoms with Gasteiger partial charge in [0.1, 0.15) is 0 Å². The summed E-state index contributed by atoms with van der Waals surface area (Å²) in [5, 5.41) is 0.790. The molecule has 1 heterocycles. The SMILES string of the molecule is Cc1cccc(CC(=O)N(CCN(C)C)c2nc3c(C)cc(C)cc3s2)c1.Cl. The molecule has 0 fully saturated rings. The number of anilines is 1. The van der Waals surface area contributed by atoms with Gasteiger partial charge >= 0.3 is 0 Å². The summed E-state index contributed by atoms with van der Waals surface area (Å²) in [7, 11) is 4.05. The Bertz CT molecular complexity index is 968. The van der Waals surface area contributed by atoms with Crippen LogP contribution in [0.25, 0.3) is 10.2 Å². The predicted molar refractivity (Wildman–Crippen MR) is 122 cm³/mol. The van der Waals surface area contributed by atoms with Gasteiger partial charge < -0.3 is 4.90 Å². The third-order valence-corrected chi connectivity index (χ3v) is 5.58. The number of amides is 1. The fraction of sp³-hybridized carbons (Fsp3) is 0.364. The Morgan fingerprint density at radius 2 is 1.79 bits per heavy atom. The molecule has 0 saturated heterocycles. The summed E-state index contributed by atoms with van der Waals surface area (Å²) in [6.45, 7) is 7.66. The van der Waals surface area contributed by atoms with Crippen LogP contribution in [-0.4, -0.2) is 43.0 Å². The largest absolute Gasteiger partial charge is 0.308 e. The maximum Gasteiger partial charge on any atom is 0.233 e. The summed E-state index contributed by atoms with van der Waals surface area (Å²) in [4.78, 5) is 21.9. The maximum atomic E-state index is 13.1. The van der Waals surface area contributed by atoms with Crippen molar-refractivity contribution in [2.24, 2.45) is 0 Å². The Kier molecular flexibility index (Phi) is 7.58. The first-order valence-corrected chi connectivity index (χ1v) is 10.0. The van der Waals surface area contributed by atoms with Gasteiger partial charge in [0, 0.05) is 13.1 Å². The van der Waals surface area contributed by atoms with Gasteiger partial charge in [0.25, 0.3) is 0 Å². The molecule has 3 rings (SSSR count). The van der Waals surface area contributed by atoms with Gasteiger partial charge in [0.05, 0.1) is 16.6 Å². The van der Waals surface area contributed by atoms with Crippen LogP contribution < -0.4 is 4.90 Å². The van der Waals surface area contributed by atoms with E-state index >= 15 is 0 Å². The molecule has 0 aliphatic rings. The number of fused-ring (bicyclic) bond motifs is 1. The molecule has 0 spiro atoms. The lowest BCUT2D eigenvalue weighted by molar-refractivity contribution is -0.118. The molecule has 0 aliphatic heterocycles. The van der Waals surface area contributed by atoms with E-state index in [2.05, 4.69) is 49.9 Å². The minimum atomic E-state index is 0. The smallest absolute Gasteiger partial charge is 0.233 e. The van der Waals surface area contributed by atoms with E-state index in [1.54, 1.807) is 11.3 Å². The zero-order valence-corrected chi connectivity index (χ0v) is 18.8. The predicted octanol–water partition coefficient (Wildman–Crippen LogP) is 4.78. The van der Waals surface area contributed by atoms with Crippen molar-refractivity contribution in [2.75, 3.05) is 32.1 Å². The molecular weight excluding hydrogens is 390 g/mol. The van der Waals surface area contributed by atoms with Crippen molar-refractivity contribution in [3.05, 3.63) is 58.7 Å². The molecule has 2 aromatic carbocycles. The number of thiazole rings is 1. The van der Waals surface area contributed by atoms with Crippen molar-refractivity contribution < 1.29 is 4.79 Å². The number of aryl methyl sites for hydroxylation is 3. The molecule has 0 radical (unpaired) electrons. The first kappa shape index (κ1) is 22.3. The Labute approximate surface area is 177 Å². The summed E-state index contributed by atoms with van der Waals surface area (Å²) < 4.78 is 1.14. The highest BCUT2D eigenvalue weighted by Crippen LogP contribution is 2.32. The molecule has 0 N–H and O–H groups in total. The van der Waals surface area contributed by atoms with Gasteiger partial charge in [-0.25, -0.2) is 4.98 Å². The van der Waals surface area contributed by atoms with Crippen molar-refractivity contribution in [3.63, 3.8) is 0 Å². The highest BCUT2D eigenvalue weighted by molar-refractivity contribution is 7.22. The standard InChI is InChI=1S/C22H27N3OS.ClH/c1-15-7-6-8-18(12-15)14-20(26)25(10-9-24(4)5)22-23-21-17(3)11-16(2)13-19(21)27-22;/h6-8,11-13H,9-10,14H2,1-5H3;1H. The molecule has 0 atom stereocenters. The Balaban J connectivity index is 0.00000280. The lowest BCUT2D eigenvalue weighted by atomic mass is 10.1. The van der Waals surface area contributed by atoms with E-state index in [1.807, 2.05) is 31.1 Å². The third-order valence-electron chi connectivity index (χ3n) is 4.56. The molecule has 1 amide bonds. The highest BCUT2D eigenvalue weighted by Gasteiger charge is 2.21. The van der Waals surface area contributed by atoms with Crippen LogP contribution in [0.4, 0.5) is 5.13 Å². The summed E-state index contributed by atoms with van der Waals surface area (Å²) in [6.07, 6.45) is 0.392. The van der Waals surface area contributed by atoms with Crippen LogP contribution in [0, 0.1) is 20.8 Å². The fourth-order valence-electron chi connectivity index (χ4n) is 3.19. The lowest BCUT2D eigenvalue weighted by Gasteiger charge is -2.22. The van der Waals surface area contributed by atoms with E-state index in [-0.39, 0.29) is 18.3 Å². The van der Waals surface area contributed by atoms with E-state index < -0.39 is 0 Å². The minimum absolute atomic E-state index is 0. The van der Waals surface area contributed by atoms with Crippen LogP contribution >= 0.6 is 23.7 Å². The number of nitrogens with zero attached hydrogens (tertiary/aromatic N) is 3. The summed E-state index contributed by atoms with van der Waals surface area (Å²) >= 11 is 1.60.